The first-order chi connectivity index (χ1) is 24.8. The molecule has 1 unspecified atom stereocenters. The highest BCUT2D eigenvalue weighted by atomic mass is 16.2. The lowest BCUT2D eigenvalue weighted by Crippen LogP contribution is -2.42. The largest absolute Gasteiger partial charge is 0.268 e. The molecule has 0 spiro atoms. The minimum Gasteiger partial charge on any atom is -0.268 e. The van der Waals surface area contributed by atoms with Crippen LogP contribution in [0.4, 0.5) is 5.69 Å². The average molecular weight is 662 g/mol. The highest BCUT2D eigenvalue weighted by molar-refractivity contribution is 6.37. The lowest BCUT2D eigenvalue weighted by Gasteiger charge is -2.35. The number of hydrogen-bond acceptors (Lipinski definition) is 2. The standard InChI is InChI=1S/C48H39NO2/c1-6-12-31-13-7-8-14-32(20-19-31)21-22-33-23-24-38-40-26-28-42-45-41(27-25-39(44(40)45)37-16-10-9-15-36(33)43(37)38)47(50)49(48(42)51)46-34(29(2)3)17-11-18-35(46)30(4)5/h8-11,13-18,20,23-30,37H,7,19H2,1-5H3/b14-8-,31-13-,32-20+. The van der Waals surface area contributed by atoms with Crippen LogP contribution in [0.25, 0.3) is 28.0 Å². The molecule has 248 valence electrons. The minimum absolute atomic E-state index is 0.0539. The molecule has 4 aromatic rings. The predicted molar refractivity (Wildman–Crippen MR) is 210 cm³/mol. The predicted octanol–water partition coefficient (Wildman–Crippen LogP) is 11.2. The van der Waals surface area contributed by atoms with Crippen molar-refractivity contribution < 1.29 is 9.59 Å². The third kappa shape index (κ3) is 5.24. The third-order valence-electron chi connectivity index (χ3n) is 10.5. The molecule has 0 radical (unpaired) electrons. The van der Waals surface area contributed by atoms with Crippen molar-refractivity contribution in [3.05, 3.63) is 153 Å². The van der Waals surface area contributed by atoms with E-state index in [-0.39, 0.29) is 29.6 Å². The summed E-state index contributed by atoms with van der Waals surface area (Å²) in [5, 5.41) is 1.75. The van der Waals surface area contributed by atoms with Gasteiger partial charge in [-0.05, 0) is 94.1 Å². The van der Waals surface area contributed by atoms with Crippen molar-refractivity contribution in [2.45, 2.75) is 65.2 Å². The summed E-state index contributed by atoms with van der Waals surface area (Å²) in [6.45, 7) is 10.3. The first-order valence-electron chi connectivity index (χ1n) is 17.9. The van der Waals surface area contributed by atoms with Gasteiger partial charge in [-0.2, -0.15) is 0 Å². The molecular formula is C48H39NO2. The number of carbonyl (C=O) groups excluding carboxylic acids is 2. The molecule has 3 nitrogen and oxygen atoms in total. The lowest BCUT2D eigenvalue weighted by atomic mass is 9.72. The molecule has 2 amide bonds. The number of hydrogen-bond donors (Lipinski definition) is 0. The zero-order chi connectivity index (χ0) is 35.4. The minimum atomic E-state index is -0.261. The topological polar surface area (TPSA) is 37.4 Å². The number of amides is 2. The number of anilines is 1. The van der Waals surface area contributed by atoms with Gasteiger partial charge in [0.25, 0.3) is 11.8 Å². The summed E-state index contributed by atoms with van der Waals surface area (Å²) >= 11 is 0. The fraction of sp³-hybridized carbons (Fsp3) is 0.208. The van der Waals surface area contributed by atoms with E-state index >= 15 is 0 Å². The van der Waals surface area contributed by atoms with E-state index in [2.05, 4.69) is 124 Å². The van der Waals surface area contributed by atoms with Crippen LogP contribution in [0.2, 0.25) is 0 Å². The molecular weight excluding hydrogens is 623 g/mol. The van der Waals surface area contributed by atoms with E-state index in [1.807, 2.05) is 37.3 Å². The number of nitrogens with zero attached hydrogens (tertiary/aromatic N) is 1. The van der Waals surface area contributed by atoms with Crippen LogP contribution in [0.3, 0.4) is 0 Å². The van der Waals surface area contributed by atoms with Gasteiger partial charge in [0.1, 0.15) is 0 Å². The fourth-order valence-electron chi connectivity index (χ4n) is 8.12. The van der Waals surface area contributed by atoms with Crippen molar-refractivity contribution in [2.75, 3.05) is 4.90 Å². The number of imide groups is 1. The Morgan fingerprint density at radius 2 is 1.43 bits per heavy atom. The van der Waals surface area contributed by atoms with Gasteiger partial charge in [-0.25, -0.2) is 4.90 Å². The van der Waals surface area contributed by atoms with Crippen LogP contribution in [0, 0.1) is 23.7 Å². The second-order valence-corrected chi connectivity index (χ2v) is 14.2. The maximum absolute atomic E-state index is 14.6. The SMILES string of the molecule is CC#C/C1=C/C/C=C\C(C#Cc2ccc3c4c2C=CC=CC4c2ccc4c5c(ccc-3c25)C(=O)N(c2c(C(C)C)cccc2C(C)C)C4=O)=C/C1. The molecule has 1 atom stereocenters. The van der Waals surface area contributed by atoms with Gasteiger partial charge >= 0.3 is 0 Å². The first-order valence-corrected chi connectivity index (χ1v) is 17.9. The molecule has 8 rings (SSSR count). The summed E-state index contributed by atoms with van der Waals surface area (Å²) in [6.07, 6.45) is 18.8. The number of allylic oxidation sites excluding steroid dienone is 9. The summed E-state index contributed by atoms with van der Waals surface area (Å²) in [7, 11) is 0. The Morgan fingerprint density at radius 1 is 0.725 bits per heavy atom. The van der Waals surface area contributed by atoms with Gasteiger partial charge in [0.2, 0.25) is 0 Å². The van der Waals surface area contributed by atoms with Gasteiger partial charge in [-0.3, -0.25) is 9.59 Å². The Labute approximate surface area is 300 Å². The van der Waals surface area contributed by atoms with Gasteiger partial charge in [0, 0.05) is 39.1 Å². The zero-order valence-electron chi connectivity index (χ0n) is 29.7. The molecule has 4 aromatic carbocycles. The molecule has 1 aliphatic heterocycles. The Kier molecular flexibility index (Phi) is 8.09. The van der Waals surface area contributed by atoms with E-state index in [0.29, 0.717) is 11.1 Å². The van der Waals surface area contributed by atoms with Crippen molar-refractivity contribution in [1.29, 1.82) is 0 Å². The van der Waals surface area contributed by atoms with Crippen LogP contribution in [-0.4, -0.2) is 11.8 Å². The van der Waals surface area contributed by atoms with Crippen LogP contribution in [0.1, 0.15) is 119 Å². The van der Waals surface area contributed by atoms with Crippen molar-refractivity contribution in [3.8, 4) is 34.8 Å². The van der Waals surface area contributed by atoms with Crippen LogP contribution >= 0.6 is 0 Å². The first kappa shape index (κ1) is 32.3. The molecule has 0 saturated heterocycles. The van der Waals surface area contributed by atoms with Crippen molar-refractivity contribution in [3.63, 3.8) is 0 Å². The van der Waals surface area contributed by atoms with Gasteiger partial charge in [-0.15, -0.1) is 5.92 Å². The van der Waals surface area contributed by atoms with E-state index in [1.165, 1.54) is 10.5 Å². The number of benzene rings is 4. The van der Waals surface area contributed by atoms with Crippen LogP contribution in [0.5, 0.6) is 0 Å². The number of fused-ring (bicyclic) bond motifs is 2. The Bertz CT molecular complexity index is 2440. The van der Waals surface area contributed by atoms with E-state index in [9.17, 15) is 9.59 Å². The molecule has 0 aromatic heterocycles. The smallest absolute Gasteiger partial charge is 0.266 e. The van der Waals surface area contributed by atoms with Crippen molar-refractivity contribution in [1.82, 2.24) is 0 Å². The molecule has 0 bridgehead atoms. The number of para-hydroxylation sites is 1. The Balaban J connectivity index is 1.27. The molecule has 51 heavy (non-hydrogen) atoms. The monoisotopic (exact) mass is 661 g/mol. The van der Waals surface area contributed by atoms with Gasteiger partial charge in [0.15, 0.2) is 0 Å². The molecule has 0 fully saturated rings. The van der Waals surface area contributed by atoms with Gasteiger partial charge in [-0.1, -0.05) is 130 Å². The highest BCUT2D eigenvalue weighted by Gasteiger charge is 2.40. The van der Waals surface area contributed by atoms with E-state index in [4.69, 9.17) is 0 Å². The van der Waals surface area contributed by atoms with E-state index in [1.54, 1.807) is 0 Å². The molecule has 0 saturated carbocycles. The maximum Gasteiger partial charge on any atom is 0.266 e. The van der Waals surface area contributed by atoms with E-state index < -0.39 is 0 Å². The summed E-state index contributed by atoms with van der Waals surface area (Å²) in [5.74, 6) is 12.9. The van der Waals surface area contributed by atoms with Crippen LogP contribution in [-0.2, 0) is 0 Å². The quantitative estimate of drug-likeness (QED) is 0.162. The van der Waals surface area contributed by atoms with Crippen molar-refractivity contribution >= 4 is 34.4 Å². The maximum atomic E-state index is 14.6. The third-order valence-corrected chi connectivity index (χ3v) is 10.5. The normalized spacial score (nSPS) is 19.5. The molecule has 3 heteroatoms. The second kappa shape index (κ2) is 12.8. The Hall–Kier alpha value is -5.90. The average Bonchev–Trinajstić information content (AvgIpc) is 3.35. The van der Waals surface area contributed by atoms with Crippen molar-refractivity contribution in [2.24, 2.45) is 0 Å². The molecule has 1 heterocycles. The number of carbonyl (C=O) groups is 2. The summed E-state index contributed by atoms with van der Waals surface area (Å²) in [6, 6.07) is 18.5. The van der Waals surface area contributed by atoms with Crippen LogP contribution in [0.15, 0.2) is 108 Å². The summed E-state index contributed by atoms with van der Waals surface area (Å²) in [4.78, 5) is 30.6. The van der Waals surface area contributed by atoms with E-state index in [0.717, 1.165) is 79.4 Å². The lowest BCUT2D eigenvalue weighted by molar-refractivity contribution is 0.0893. The van der Waals surface area contributed by atoms with Gasteiger partial charge < -0.3 is 0 Å². The van der Waals surface area contributed by atoms with Gasteiger partial charge in [0.05, 0.1) is 5.69 Å². The molecule has 3 aliphatic carbocycles. The molecule has 0 N–H and O–H groups in total. The number of rotatable bonds is 3. The zero-order valence-corrected chi connectivity index (χ0v) is 29.7. The summed E-state index contributed by atoms with van der Waals surface area (Å²) < 4.78 is 0. The summed E-state index contributed by atoms with van der Waals surface area (Å²) in [5.41, 5.74) is 12.5. The fourth-order valence-corrected chi connectivity index (χ4v) is 8.12. The second-order valence-electron chi connectivity index (χ2n) is 14.2. The highest BCUT2D eigenvalue weighted by Crippen LogP contribution is 2.51. The van der Waals surface area contributed by atoms with Crippen LogP contribution < -0.4 is 4.90 Å². The molecule has 4 aliphatic rings. The Morgan fingerprint density at radius 3 is 2.16 bits per heavy atom.